The van der Waals surface area contributed by atoms with Gasteiger partial charge in [0.15, 0.2) is 12.4 Å². The fourth-order valence-corrected chi connectivity index (χ4v) is 2.75. The molecule has 0 aromatic carbocycles. The van der Waals surface area contributed by atoms with Gasteiger partial charge in [-0.2, -0.15) is 0 Å². The van der Waals surface area contributed by atoms with Gasteiger partial charge in [-0.05, 0) is 23.8 Å². The van der Waals surface area contributed by atoms with E-state index in [1.165, 1.54) is 18.4 Å². The van der Waals surface area contributed by atoms with E-state index in [9.17, 15) is 19.2 Å². The van der Waals surface area contributed by atoms with Crippen molar-refractivity contribution in [1.82, 2.24) is 5.32 Å². The molecule has 0 spiro atoms. The maximum absolute atomic E-state index is 11.8. The Morgan fingerprint density at radius 1 is 1.20 bits per heavy atom. The number of esters is 2. The minimum Gasteiger partial charge on any atom is -0.467 e. The standard InChI is InChI=1S/C17H23NO6S/c1-11(2)9-12(17(22)23-3)18-15(20)10-24-16(21)7-6-13(19)14-5-4-8-25-14/h4-5,8,11-12H,6-7,9-10H2,1-3H3,(H,18,20)/t12-/m0/s1. The third-order valence-corrected chi connectivity index (χ3v) is 4.16. The van der Waals surface area contributed by atoms with Crippen molar-refractivity contribution in [3.05, 3.63) is 22.4 Å². The lowest BCUT2D eigenvalue weighted by molar-refractivity contribution is -0.150. The highest BCUT2D eigenvalue weighted by molar-refractivity contribution is 7.12. The summed E-state index contributed by atoms with van der Waals surface area (Å²) in [5, 5.41) is 4.27. The van der Waals surface area contributed by atoms with Crippen molar-refractivity contribution >= 4 is 35.0 Å². The van der Waals surface area contributed by atoms with Crippen LogP contribution in [0.4, 0.5) is 0 Å². The maximum atomic E-state index is 11.8. The molecule has 0 bridgehead atoms. The minimum absolute atomic E-state index is 0.0269. The highest BCUT2D eigenvalue weighted by Gasteiger charge is 2.23. The Morgan fingerprint density at radius 3 is 2.48 bits per heavy atom. The Labute approximate surface area is 150 Å². The number of Topliss-reactive ketones (excluding diaryl/α,β-unsaturated/α-hetero) is 1. The largest absolute Gasteiger partial charge is 0.467 e. The molecule has 25 heavy (non-hydrogen) atoms. The number of nitrogens with one attached hydrogen (secondary N) is 1. The monoisotopic (exact) mass is 369 g/mol. The summed E-state index contributed by atoms with van der Waals surface area (Å²) < 4.78 is 9.48. The zero-order valence-corrected chi connectivity index (χ0v) is 15.4. The first-order valence-electron chi connectivity index (χ1n) is 7.93. The van der Waals surface area contributed by atoms with Gasteiger partial charge in [0, 0.05) is 6.42 Å². The summed E-state index contributed by atoms with van der Waals surface area (Å²) in [6, 6.07) is 2.67. The van der Waals surface area contributed by atoms with Gasteiger partial charge < -0.3 is 14.8 Å². The Bertz CT molecular complexity index is 596. The van der Waals surface area contributed by atoms with Gasteiger partial charge in [-0.3, -0.25) is 14.4 Å². The first kappa shape index (κ1) is 20.8. The predicted molar refractivity (Wildman–Crippen MR) is 92.2 cm³/mol. The predicted octanol–water partition coefficient (Wildman–Crippen LogP) is 1.96. The van der Waals surface area contributed by atoms with Crippen LogP contribution in [-0.4, -0.2) is 43.4 Å². The van der Waals surface area contributed by atoms with Crippen LogP contribution in [0.5, 0.6) is 0 Å². The second-order valence-electron chi connectivity index (χ2n) is 5.83. The van der Waals surface area contributed by atoms with E-state index in [0.717, 1.165) is 0 Å². The van der Waals surface area contributed by atoms with Crippen LogP contribution in [0.2, 0.25) is 0 Å². The van der Waals surface area contributed by atoms with Crippen LogP contribution in [0.25, 0.3) is 0 Å². The SMILES string of the molecule is COC(=O)[C@H](CC(C)C)NC(=O)COC(=O)CCC(=O)c1cccs1. The fourth-order valence-electron chi connectivity index (χ4n) is 2.06. The summed E-state index contributed by atoms with van der Waals surface area (Å²) in [5.74, 6) is -1.74. The molecule has 1 rings (SSSR count). The summed E-state index contributed by atoms with van der Waals surface area (Å²) in [6.45, 7) is 3.32. The van der Waals surface area contributed by atoms with Gasteiger partial charge in [-0.1, -0.05) is 19.9 Å². The second-order valence-corrected chi connectivity index (χ2v) is 6.78. The molecule has 0 radical (unpaired) electrons. The Balaban J connectivity index is 2.35. The number of carbonyl (C=O) groups excluding carboxylic acids is 4. The third-order valence-electron chi connectivity index (χ3n) is 3.24. The molecule has 1 N–H and O–H groups in total. The average Bonchev–Trinajstić information content (AvgIpc) is 3.10. The quantitative estimate of drug-likeness (QED) is 0.500. The van der Waals surface area contributed by atoms with Gasteiger partial charge in [-0.25, -0.2) is 4.79 Å². The van der Waals surface area contributed by atoms with Gasteiger partial charge in [-0.15, -0.1) is 11.3 Å². The summed E-state index contributed by atoms with van der Waals surface area (Å²) in [6.07, 6.45) is 0.344. The molecule has 0 aliphatic heterocycles. The Morgan fingerprint density at radius 2 is 1.92 bits per heavy atom. The number of hydrogen-bond donors (Lipinski definition) is 1. The highest BCUT2D eigenvalue weighted by atomic mass is 32.1. The van der Waals surface area contributed by atoms with E-state index in [4.69, 9.17) is 4.74 Å². The van der Waals surface area contributed by atoms with Crippen LogP contribution in [0.15, 0.2) is 17.5 Å². The van der Waals surface area contributed by atoms with Crippen LogP contribution >= 0.6 is 11.3 Å². The van der Waals surface area contributed by atoms with E-state index in [1.807, 2.05) is 13.8 Å². The zero-order chi connectivity index (χ0) is 18.8. The molecular weight excluding hydrogens is 346 g/mol. The molecule has 0 aliphatic rings. The highest BCUT2D eigenvalue weighted by Crippen LogP contribution is 2.12. The summed E-state index contributed by atoms with van der Waals surface area (Å²) in [5.41, 5.74) is 0. The van der Waals surface area contributed by atoms with E-state index >= 15 is 0 Å². The number of hydrogen-bond acceptors (Lipinski definition) is 7. The van der Waals surface area contributed by atoms with Gasteiger partial charge in [0.2, 0.25) is 0 Å². The normalized spacial score (nSPS) is 11.7. The minimum atomic E-state index is -0.781. The molecule has 0 aliphatic carbocycles. The maximum Gasteiger partial charge on any atom is 0.328 e. The van der Waals surface area contributed by atoms with Crippen molar-refractivity contribution in [1.29, 1.82) is 0 Å². The fraction of sp³-hybridized carbons (Fsp3) is 0.529. The topological polar surface area (TPSA) is 98.8 Å². The van der Waals surface area contributed by atoms with E-state index in [2.05, 4.69) is 10.1 Å². The van der Waals surface area contributed by atoms with E-state index in [-0.39, 0.29) is 24.5 Å². The van der Waals surface area contributed by atoms with Crippen LogP contribution in [0, 0.1) is 5.92 Å². The number of thiophene rings is 1. The first-order valence-corrected chi connectivity index (χ1v) is 8.81. The van der Waals surface area contributed by atoms with Gasteiger partial charge in [0.05, 0.1) is 18.4 Å². The van der Waals surface area contributed by atoms with E-state index in [0.29, 0.717) is 11.3 Å². The molecule has 0 saturated carbocycles. The lowest BCUT2D eigenvalue weighted by Crippen LogP contribution is -2.44. The van der Waals surface area contributed by atoms with Crippen LogP contribution in [0.3, 0.4) is 0 Å². The van der Waals surface area contributed by atoms with Crippen molar-refractivity contribution < 1.29 is 28.7 Å². The molecule has 7 nitrogen and oxygen atoms in total. The molecule has 1 heterocycles. The smallest absolute Gasteiger partial charge is 0.328 e. The molecule has 1 amide bonds. The lowest BCUT2D eigenvalue weighted by atomic mass is 10.0. The number of ketones is 1. The van der Waals surface area contributed by atoms with E-state index < -0.39 is 30.5 Å². The number of rotatable bonds is 10. The molecule has 138 valence electrons. The van der Waals surface area contributed by atoms with Gasteiger partial charge in [0.25, 0.3) is 5.91 Å². The number of ether oxygens (including phenoxy) is 2. The third kappa shape index (κ3) is 7.93. The molecular formula is C17H23NO6S. The summed E-state index contributed by atoms with van der Waals surface area (Å²) >= 11 is 1.31. The number of carbonyl (C=O) groups is 4. The molecule has 0 fully saturated rings. The van der Waals surface area contributed by atoms with Crippen LogP contribution < -0.4 is 5.32 Å². The zero-order valence-electron chi connectivity index (χ0n) is 14.6. The molecule has 0 unspecified atom stereocenters. The van der Waals surface area contributed by atoms with Crippen molar-refractivity contribution in [2.45, 2.75) is 39.2 Å². The van der Waals surface area contributed by atoms with Crippen molar-refractivity contribution in [2.24, 2.45) is 5.92 Å². The second kappa shape index (κ2) is 10.6. The molecule has 0 saturated heterocycles. The van der Waals surface area contributed by atoms with Crippen LogP contribution in [-0.2, 0) is 23.9 Å². The van der Waals surface area contributed by atoms with Crippen molar-refractivity contribution in [2.75, 3.05) is 13.7 Å². The molecule has 1 aromatic rings. The summed E-state index contributed by atoms with van der Waals surface area (Å²) in [4.78, 5) is 47.4. The Kier molecular flexibility index (Phi) is 8.83. The molecule has 1 aromatic heterocycles. The Hall–Kier alpha value is -2.22. The average molecular weight is 369 g/mol. The summed E-state index contributed by atoms with van der Waals surface area (Å²) in [7, 11) is 1.24. The van der Waals surface area contributed by atoms with Gasteiger partial charge in [0.1, 0.15) is 6.04 Å². The molecule has 1 atom stereocenters. The van der Waals surface area contributed by atoms with Crippen molar-refractivity contribution in [3.63, 3.8) is 0 Å². The number of methoxy groups -OCH3 is 1. The number of amides is 1. The molecule has 8 heteroatoms. The van der Waals surface area contributed by atoms with Crippen molar-refractivity contribution in [3.8, 4) is 0 Å². The van der Waals surface area contributed by atoms with Crippen LogP contribution in [0.1, 0.15) is 42.8 Å². The first-order chi connectivity index (χ1) is 11.8. The lowest BCUT2D eigenvalue weighted by Gasteiger charge is -2.18. The van der Waals surface area contributed by atoms with Gasteiger partial charge >= 0.3 is 11.9 Å². The van der Waals surface area contributed by atoms with E-state index in [1.54, 1.807) is 17.5 Å².